The van der Waals surface area contributed by atoms with Crippen LogP contribution in [0.3, 0.4) is 0 Å². The molecule has 0 aliphatic heterocycles. The summed E-state index contributed by atoms with van der Waals surface area (Å²) in [5, 5.41) is 5.62. The smallest absolute Gasteiger partial charge is 0.407 e. The van der Waals surface area contributed by atoms with E-state index in [0.29, 0.717) is 18.7 Å². The van der Waals surface area contributed by atoms with E-state index in [4.69, 9.17) is 4.74 Å². The SMILES string of the molecule is Cc1ccccc1CNC(=O)c1ccc(CNC(=O)OC(C)(C)C)cc1. The molecule has 5 nitrogen and oxygen atoms in total. The molecular formula is C21H26N2O3. The zero-order chi connectivity index (χ0) is 19.2. The molecule has 138 valence electrons. The summed E-state index contributed by atoms with van der Waals surface area (Å²) in [6.45, 7) is 8.31. The Labute approximate surface area is 154 Å². The molecule has 0 saturated carbocycles. The Kier molecular flexibility index (Phi) is 6.39. The minimum absolute atomic E-state index is 0.125. The normalized spacial score (nSPS) is 10.9. The van der Waals surface area contributed by atoms with Gasteiger partial charge in [-0.05, 0) is 56.5 Å². The standard InChI is InChI=1S/C21H26N2O3/c1-15-7-5-6-8-18(15)14-22-19(24)17-11-9-16(10-12-17)13-23-20(25)26-21(2,3)4/h5-12H,13-14H2,1-4H3,(H,22,24)(H,23,25). The van der Waals surface area contributed by atoms with E-state index < -0.39 is 11.7 Å². The first-order chi connectivity index (χ1) is 12.2. The summed E-state index contributed by atoms with van der Waals surface area (Å²) in [6, 6.07) is 15.1. The van der Waals surface area contributed by atoms with Crippen LogP contribution in [0.15, 0.2) is 48.5 Å². The maximum atomic E-state index is 12.3. The summed E-state index contributed by atoms with van der Waals surface area (Å²) in [5.74, 6) is -0.125. The van der Waals surface area contributed by atoms with Crippen LogP contribution in [0.4, 0.5) is 4.79 Å². The molecule has 0 spiro atoms. The van der Waals surface area contributed by atoms with Gasteiger partial charge in [-0.25, -0.2) is 4.79 Å². The van der Waals surface area contributed by atoms with Gasteiger partial charge in [0.05, 0.1) is 0 Å². The molecule has 0 atom stereocenters. The van der Waals surface area contributed by atoms with E-state index in [0.717, 1.165) is 16.7 Å². The largest absolute Gasteiger partial charge is 0.444 e. The number of benzene rings is 2. The van der Waals surface area contributed by atoms with Gasteiger partial charge in [0.25, 0.3) is 5.91 Å². The number of amides is 2. The lowest BCUT2D eigenvalue weighted by Crippen LogP contribution is -2.32. The predicted molar refractivity (Wildman–Crippen MR) is 102 cm³/mol. The molecule has 2 amide bonds. The van der Waals surface area contributed by atoms with Gasteiger partial charge in [-0.2, -0.15) is 0 Å². The third kappa shape index (κ3) is 6.24. The summed E-state index contributed by atoms with van der Waals surface area (Å²) in [5.41, 5.74) is 3.20. The van der Waals surface area contributed by atoms with Crippen molar-refractivity contribution in [1.29, 1.82) is 0 Å². The topological polar surface area (TPSA) is 67.4 Å². The van der Waals surface area contributed by atoms with Crippen molar-refractivity contribution in [2.24, 2.45) is 0 Å². The lowest BCUT2D eigenvalue weighted by atomic mass is 10.1. The Hall–Kier alpha value is -2.82. The number of hydrogen-bond donors (Lipinski definition) is 2. The van der Waals surface area contributed by atoms with Gasteiger partial charge in [0, 0.05) is 18.7 Å². The van der Waals surface area contributed by atoms with E-state index in [9.17, 15) is 9.59 Å². The second-order valence-electron chi connectivity index (χ2n) is 7.16. The number of hydrogen-bond acceptors (Lipinski definition) is 3. The minimum Gasteiger partial charge on any atom is -0.444 e. The van der Waals surface area contributed by atoms with E-state index in [1.807, 2.05) is 64.1 Å². The zero-order valence-electron chi connectivity index (χ0n) is 15.8. The maximum Gasteiger partial charge on any atom is 0.407 e. The average Bonchev–Trinajstić information content (AvgIpc) is 2.58. The molecular weight excluding hydrogens is 328 g/mol. The van der Waals surface area contributed by atoms with Gasteiger partial charge in [-0.15, -0.1) is 0 Å². The van der Waals surface area contributed by atoms with Gasteiger partial charge in [0.1, 0.15) is 5.60 Å². The molecule has 2 rings (SSSR count). The number of aryl methyl sites for hydroxylation is 1. The Morgan fingerprint density at radius 1 is 0.923 bits per heavy atom. The summed E-state index contributed by atoms with van der Waals surface area (Å²) >= 11 is 0. The summed E-state index contributed by atoms with van der Waals surface area (Å²) < 4.78 is 5.19. The first-order valence-electron chi connectivity index (χ1n) is 8.63. The van der Waals surface area contributed by atoms with Crippen molar-refractivity contribution < 1.29 is 14.3 Å². The lowest BCUT2D eigenvalue weighted by Gasteiger charge is -2.19. The van der Waals surface area contributed by atoms with Gasteiger partial charge in [0.15, 0.2) is 0 Å². The van der Waals surface area contributed by atoms with Crippen LogP contribution < -0.4 is 10.6 Å². The van der Waals surface area contributed by atoms with Crippen LogP contribution in [0.1, 0.15) is 47.8 Å². The highest BCUT2D eigenvalue weighted by atomic mass is 16.6. The second kappa shape index (κ2) is 8.52. The fourth-order valence-electron chi connectivity index (χ4n) is 2.35. The summed E-state index contributed by atoms with van der Waals surface area (Å²) in [4.78, 5) is 23.9. The van der Waals surface area contributed by atoms with E-state index in [-0.39, 0.29) is 5.91 Å². The zero-order valence-corrected chi connectivity index (χ0v) is 15.8. The van der Waals surface area contributed by atoms with E-state index in [1.165, 1.54) is 0 Å². The Morgan fingerprint density at radius 3 is 2.19 bits per heavy atom. The third-order valence-corrected chi connectivity index (χ3v) is 3.75. The van der Waals surface area contributed by atoms with Crippen LogP contribution in [0, 0.1) is 6.92 Å². The highest BCUT2D eigenvalue weighted by molar-refractivity contribution is 5.94. The minimum atomic E-state index is -0.525. The highest BCUT2D eigenvalue weighted by Gasteiger charge is 2.15. The number of ether oxygens (including phenoxy) is 1. The fraction of sp³-hybridized carbons (Fsp3) is 0.333. The van der Waals surface area contributed by atoms with Gasteiger partial charge < -0.3 is 15.4 Å². The molecule has 0 aliphatic rings. The van der Waals surface area contributed by atoms with Crippen molar-refractivity contribution in [1.82, 2.24) is 10.6 Å². The molecule has 0 aromatic heterocycles. The van der Waals surface area contributed by atoms with Crippen molar-refractivity contribution >= 4 is 12.0 Å². The van der Waals surface area contributed by atoms with Gasteiger partial charge in [0.2, 0.25) is 0 Å². The van der Waals surface area contributed by atoms with Crippen molar-refractivity contribution in [2.45, 2.75) is 46.4 Å². The number of carbonyl (C=O) groups excluding carboxylic acids is 2. The van der Waals surface area contributed by atoms with Crippen LogP contribution in [0.25, 0.3) is 0 Å². The average molecular weight is 354 g/mol. The molecule has 0 aliphatic carbocycles. The molecule has 2 aromatic rings. The van der Waals surface area contributed by atoms with Crippen LogP contribution in [-0.2, 0) is 17.8 Å². The van der Waals surface area contributed by atoms with Crippen LogP contribution in [0.5, 0.6) is 0 Å². The van der Waals surface area contributed by atoms with E-state index in [1.54, 1.807) is 12.1 Å². The summed E-state index contributed by atoms with van der Waals surface area (Å²) in [7, 11) is 0. The number of rotatable bonds is 5. The quantitative estimate of drug-likeness (QED) is 0.854. The van der Waals surface area contributed by atoms with Crippen LogP contribution in [-0.4, -0.2) is 17.6 Å². The predicted octanol–water partition coefficient (Wildman–Crippen LogP) is 3.95. The lowest BCUT2D eigenvalue weighted by molar-refractivity contribution is 0.0523. The summed E-state index contributed by atoms with van der Waals surface area (Å²) in [6.07, 6.45) is -0.461. The molecule has 0 bridgehead atoms. The van der Waals surface area contributed by atoms with Crippen LogP contribution >= 0.6 is 0 Å². The Morgan fingerprint density at radius 2 is 1.58 bits per heavy atom. The maximum absolute atomic E-state index is 12.3. The van der Waals surface area contributed by atoms with Crippen molar-refractivity contribution in [3.63, 3.8) is 0 Å². The van der Waals surface area contributed by atoms with Gasteiger partial charge in [-0.3, -0.25) is 4.79 Å². The van der Waals surface area contributed by atoms with Gasteiger partial charge >= 0.3 is 6.09 Å². The Balaban J connectivity index is 1.85. The molecule has 2 N–H and O–H groups in total. The number of alkyl carbamates (subject to hydrolysis) is 1. The molecule has 0 fully saturated rings. The van der Waals surface area contributed by atoms with Crippen molar-refractivity contribution in [2.75, 3.05) is 0 Å². The molecule has 26 heavy (non-hydrogen) atoms. The molecule has 0 radical (unpaired) electrons. The highest BCUT2D eigenvalue weighted by Crippen LogP contribution is 2.09. The molecule has 0 unspecified atom stereocenters. The van der Waals surface area contributed by atoms with Crippen molar-refractivity contribution in [3.8, 4) is 0 Å². The molecule has 5 heteroatoms. The first kappa shape index (κ1) is 19.5. The van der Waals surface area contributed by atoms with E-state index in [2.05, 4.69) is 10.6 Å². The Bertz CT molecular complexity index is 762. The molecule has 2 aromatic carbocycles. The number of nitrogens with one attached hydrogen (secondary N) is 2. The number of carbonyl (C=O) groups is 2. The van der Waals surface area contributed by atoms with Crippen LogP contribution in [0.2, 0.25) is 0 Å². The second-order valence-corrected chi connectivity index (χ2v) is 7.16. The molecule has 0 saturated heterocycles. The van der Waals surface area contributed by atoms with E-state index >= 15 is 0 Å². The van der Waals surface area contributed by atoms with Crippen molar-refractivity contribution in [3.05, 3.63) is 70.8 Å². The van der Waals surface area contributed by atoms with Gasteiger partial charge in [-0.1, -0.05) is 36.4 Å². The third-order valence-electron chi connectivity index (χ3n) is 3.75. The fourth-order valence-corrected chi connectivity index (χ4v) is 2.35. The first-order valence-corrected chi connectivity index (χ1v) is 8.63. The molecule has 0 heterocycles. The monoisotopic (exact) mass is 354 g/mol.